The molecule has 3 rings (SSSR count). The molecule has 1 atom stereocenters. The average molecular weight is 379 g/mol. The molecule has 1 aromatic carbocycles. The number of aromatic amines is 1. The Morgan fingerprint density at radius 1 is 1.35 bits per heavy atom. The molecule has 1 N–H and O–H groups in total. The number of rotatable bonds is 6. The summed E-state index contributed by atoms with van der Waals surface area (Å²) in [6, 6.07) is 6.77. The van der Waals surface area contributed by atoms with Crippen molar-refractivity contribution >= 4 is 32.6 Å². The minimum atomic E-state index is -3.10. The molecule has 1 saturated heterocycles. The number of carbonyl (C=O) groups excluding carboxylic acids is 2. The molecule has 2 heterocycles. The number of amides is 1. The van der Waals surface area contributed by atoms with Crippen molar-refractivity contribution in [1.29, 1.82) is 0 Å². The number of H-pyrrole nitrogens is 1. The Balaban J connectivity index is 1.65. The summed E-state index contributed by atoms with van der Waals surface area (Å²) in [5.74, 6) is -1.02. The van der Waals surface area contributed by atoms with E-state index in [1.165, 1.54) is 4.90 Å². The predicted molar refractivity (Wildman–Crippen MR) is 95.4 cm³/mol. The number of hydrogen-bond acceptors (Lipinski definition) is 6. The summed E-state index contributed by atoms with van der Waals surface area (Å²) in [4.78, 5) is 26.3. The summed E-state index contributed by atoms with van der Waals surface area (Å²) in [5.41, 5.74) is 0.827. The van der Waals surface area contributed by atoms with Crippen LogP contribution in [0.2, 0.25) is 0 Å². The molecule has 0 bridgehead atoms. The maximum atomic E-state index is 12.5. The summed E-state index contributed by atoms with van der Waals surface area (Å²) in [6.07, 6.45) is 1.12. The molecule has 0 radical (unpaired) electrons. The number of aromatic nitrogens is 2. The Morgan fingerprint density at radius 2 is 2.12 bits per heavy atom. The molecule has 0 unspecified atom stereocenters. The van der Waals surface area contributed by atoms with Crippen molar-refractivity contribution in [3.8, 4) is 0 Å². The van der Waals surface area contributed by atoms with E-state index in [1.807, 2.05) is 13.0 Å². The van der Waals surface area contributed by atoms with Gasteiger partial charge in [0.15, 0.2) is 22.1 Å². The molecule has 1 aromatic heterocycles. The molecule has 0 aliphatic carbocycles. The molecule has 1 amide bonds. The summed E-state index contributed by atoms with van der Waals surface area (Å²) < 4.78 is 28.5. The Bertz CT molecular complexity index is 921. The largest absolute Gasteiger partial charge is 0.451 e. The van der Waals surface area contributed by atoms with Crippen LogP contribution in [0.15, 0.2) is 24.3 Å². The normalized spacial score (nSPS) is 18.7. The standard InChI is InChI=1S/C17H21N3O5S/c1-2-8-20(12-7-9-26(23,24)11-12)15(21)10-25-17(22)16-13-5-3-4-6-14(13)18-19-16/h3-6,12H,2,7-11H2,1H3,(H,18,19)/t12-/m1/s1. The number of sulfone groups is 1. The minimum Gasteiger partial charge on any atom is -0.451 e. The zero-order valence-electron chi connectivity index (χ0n) is 14.5. The van der Waals surface area contributed by atoms with Gasteiger partial charge in [-0.2, -0.15) is 5.10 Å². The summed E-state index contributed by atoms with van der Waals surface area (Å²) in [5, 5.41) is 7.31. The van der Waals surface area contributed by atoms with Gasteiger partial charge in [-0.25, -0.2) is 13.2 Å². The van der Waals surface area contributed by atoms with Crippen LogP contribution in [0, 0.1) is 0 Å². The molecule has 8 nitrogen and oxygen atoms in total. The second kappa shape index (κ2) is 7.45. The van der Waals surface area contributed by atoms with Crippen LogP contribution in [-0.4, -0.2) is 66.1 Å². The highest BCUT2D eigenvalue weighted by Crippen LogP contribution is 2.19. The van der Waals surface area contributed by atoms with Gasteiger partial charge >= 0.3 is 5.97 Å². The molecule has 0 saturated carbocycles. The molecule has 1 aliphatic heterocycles. The van der Waals surface area contributed by atoms with Crippen LogP contribution in [0.3, 0.4) is 0 Å². The Kier molecular flexibility index (Phi) is 5.26. The van der Waals surface area contributed by atoms with Crippen molar-refractivity contribution < 1.29 is 22.7 Å². The number of nitrogens with zero attached hydrogens (tertiary/aromatic N) is 2. The molecule has 1 aliphatic rings. The van der Waals surface area contributed by atoms with Gasteiger partial charge in [-0.3, -0.25) is 9.89 Å². The lowest BCUT2D eigenvalue weighted by atomic mass is 10.2. The van der Waals surface area contributed by atoms with Crippen molar-refractivity contribution in [3.05, 3.63) is 30.0 Å². The van der Waals surface area contributed by atoms with Gasteiger partial charge in [0.1, 0.15) is 0 Å². The number of nitrogens with one attached hydrogen (secondary N) is 1. The maximum absolute atomic E-state index is 12.5. The van der Waals surface area contributed by atoms with Gasteiger partial charge in [0, 0.05) is 18.0 Å². The van der Waals surface area contributed by atoms with Gasteiger partial charge < -0.3 is 9.64 Å². The van der Waals surface area contributed by atoms with Crippen LogP contribution in [0.5, 0.6) is 0 Å². The third-order valence-corrected chi connectivity index (χ3v) is 6.17. The SMILES string of the molecule is CCCN(C(=O)COC(=O)c1n[nH]c2ccccc12)[C@@H]1CCS(=O)(=O)C1. The number of fused-ring (bicyclic) bond motifs is 1. The molecule has 1 fully saturated rings. The number of para-hydroxylation sites is 1. The van der Waals surface area contributed by atoms with Gasteiger partial charge in [-0.1, -0.05) is 25.1 Å². The number of carbonyl (C=O) groups is 2. The second-order valence-corrected chi connectivity index (χ2v) is 8.57. The van der Waals surface area contributed by atoms with E-state index in [2.05, 4.69) is 10.2 Å². The van der Waals surface area contributed by atoms with Crippen LogP contribution >= 0.6 is 0 Å². The highest BCUT2D eigenvalue weighted by Gasteiger charge is 2.34. The molecule has 9 heteroatoms. The fraction of sp³-hybridized carbons (Fsp3) is 0.471. The van der Waals surface area contributed by atoms with Gasteiger partial charge in [0.25, 0.3) is 5.91 Å². The van der Waals surface area contributed by atoms with Crippen LogP contribution in [-0.2, 0) is 19.4 Å². The summed E-state index contributed by atoms with van der Waals surface area (Å²) >= 11 is 0. The van der Waals surface area contributed by atoms with Crippen LogP contribution in [0.4, 0.5) is 0 Å². The fourth-order valence-corrected chi connectivity index (χ4v) is 4.90. The van der Waals surface area contributed by atoms with Crippen molar-refractivity contribution in [2.45, 2.75) is 25.8 Å². The van der Waals surface area contributed by atoms with E-state index in [0.29, 0.717) is 30.3 Å². The number of esters is 1. The zero-order chi connectivity index (χ0) is 18.7. The fourth-order valence-electron chi connectivity index (χ4n) is 3.17. The lowest BCUT2D eigenvalue weighted by molar-refractivity contribution is -0.136. The average Bonchev–Trinajstić information content (AvgIpc) is 3.20. The first-order valence-electron chi connectivity index (χ1n) is 8.51. The Hall–Kier alpha value is -2.42. The van der Waals surface area contributed by atoms with Crippen molar-refractivity contribution in [2.24, 2.45) is 0 Å². The van der Waals surface area contributed by atoms with Crippen molar-refractivity contribution in [2.75, 3.05) is 24.7 Å². The highest BCUT2D eigenvalue weighted by molar-refractivity contribution is 7.91. The molecule has 0 spiro atoms. The van der Waals surface area contributed by atoms with Crippen molar-refractivity contribution in [1.82, 2.24) is 15.1 Å². The van der Waals surface area contributed by atoms with Gasteiger partial charge in [0.2, 0.25) is 0 Å². The van der Waals surface area contributed by atoms with E-state index in [4.69, 9.17) is 4.74 Å². The minimum absolute atomic E-state index is 0.0311. The smallest absolute Gasteiger partial charge is 0.359 e. The summed E-state index contributed by atoms with van der Waals surface area (Å²) in [7, 11) is -3.10. The summed E-state index contributed by atoms with van der Waals surface area (Å²) in [6.45, 7) is 1.91. The molecule has 26 heavy (non-hydrogen) atoms. The van der Waals surface area contributed by atoms with Crippen LogP contribution in [0.1, 0.15) is 30.3 Å². The Morgan fingerprint density at radius 3 is 2.81 bits per heavy atom. The van der Waals surface area contributed by atoms with E-state index < -0.39 is 22.4 Å². The predicted octanol–water partition coefficient (Wildman–Crippen LogP) is 1.15. The second-order valence-electron chi connectivity index (χ2n) is 6.34. The molecule has 140 valence electrons. The maximum Gasteiger partial charge on any atom is 0.359 e. The quantitative estimate of drug-likeness (QED) is 0.754. The van der Waals surface area contributed by atoms with E-state index in [9.17, 15) is 18.0 Å². The monoisotopic (exact) mass is 379 g/mol. The number of hydrogen-bond donors (Lipinski definition) is 1. The zero-order valence-corrected chi connectivity index (χ0v) is 15.3. The number of ether oxygens (including phenoxy) is 1. The first kappa shape index (κ1) is 18.4. The highest BCUT2D eigenvalue weighted by atomic mass is 32.2. The molecule has 2 aromatic rings. The van der Waals surface area contributed by atoms with Gasteiger partial charge in [-0.05, 0) is 18.9 Å². The molecular formula is C17H21N3O5S. The Labute approximate surface area is 151 Å². The van der Waals surface area contributed by atoms with Gasteiger partial charge in [-0.15, -0.1) is 0 Å². The van der Waals surface area contributed by atoms with Crippen LogP contribution in [0.25, 0.3) is 10.9 Å². The van der Waals surface area contributed by atoms with Gasteiger partial charge in [0.05, 0.1) is 17.0 Å². The lowest BCUT2D eigenvalue weighted by Crippen LogP contribution is -2.43. The molecular weight excluding hydrogens is 358 g/mol. The van der Waals surface area contributed by atoms with Crippen molar-refractivity contribution in [3.63, 3.8) is 0 Å². The third kappa shape index (κ3) is 3.87. The van der Waals surface area contributed by atoms with E-state index in [1.54, 1.807) is 18.2 Å². The van der Waals surface area contributed by atoms with Crippen LogP contribution < -0.4 is 0 Å². The van der Waals surface area contributed by atoms with E-state index >= 15 is 0 Å². The first-order valence-corrected chi connectivity index (χ1v) is 10.3. The lowest BCUT2D eigenvalue weighted by Gasteiger charge is -2.27. The third-order valence-electron chi connectivity index (χ3n) is 4.42. The van der Waals surface area contributed by atoms with E-state index in [-0.39, 0.29) is 29.1 Å². The topological polar surface area (TPSA) is 109 Å². The van der Waals surface area contributed by atoms with E-state index in [0.717, 1.165) is 0 Å². The first-order chi connectivity index (χ1) is 12.4. The number of benzene rings is 1.